The van der Waals surface area contributed by atoms with Crippen molar-refractivity contribution in [3.05, 3.63) is 90.4 Å². The van der Waals surface area contributed by atoms with Gasteiger partial charge in [0.15, 0.2) is 0 Å². The molecule has 9 nitrogen and oxygen atoms in total. The first-order valence-electron chi connectivity index (χ1n) is 12.7. The van der Waals surface area contributed by atoms with Gasteiger partial charge in [-0.2, -0.15) is 0 Å². The molecule has 0 bridgehead atoms. The molecule has 0 aliphatic carbocycles. The number of amides is 2. The molecular weight excluding hydrogens is 536 g/mol. The first-order chi connectivity index (χ1) is 19.7. The van der Waals surface area contributed by atoms with Crippen LogP contribution in [0.4, 0.5) is 11.5 Å². The normalized spacial score (nSPS) is 10.8. The molecule has 206 valence electrons. The Balaban J connectivity index is 1.73. The fourth-order valence-electron chi connectivity index (χ4n) is 4.39. The van der Waals surface area contributed by atoms with Gasteiger partial charge in [-0.1, -0.05) is 30.8 Å². The predicted molar refractivity (Wildman–Crippen MR) is 163 cm³/mol. The minimum atomic E-state index is -0.330. The van der Waals surface area contributed by atoms with Crippen LogP contribution in [0.2, 0.25) is 0 Å². The maximum absolute atomic E-state index is 13.2. The molecule has 10 heteroatoms. The van der Waals surface area contributed by atoms with Crippen LogP contribution in [0.5, 0.6) is 11.8 Å². The molecule has 0 fully saturated rings. The van der Waals surface area contributed by atoms with Gasteiger partial charge < -0.3 is 20.7 Å². The Bertz CT molecular complexity index is 1810. The fourth-order valence-corrected chi connectivity index (χ4v) is 5.77. The Morgan fingerprint density at radius 2 is 1.83 bits per heavy atom. The summed E-state index contributed by atoms with van der Waals surface area (Å²) >= 11 is 1.43. The number of benzene rings is 2. The van der Waals surface area contributed by atoms with Gasteiger partial charge in [0.25, 0.3) is 5.91 Å². The Kier molecular flexibility index (Phi) is 7.50. The summed E-state index contributed by atoms with van der Waals surface area (Å²) < 4.78 is 6.56. The van der Waals surface area contributed by atoms with Gasteiger partial charge in [-0.15, -0.1) is 11.3 Å². The van der Waals surface area contributed by atoms with E-state index in [1.807, 2.05) is 56.3 Å². The Morgan fingerprint density at radius 1 is 1.07 bits per heavy atom. The van der Waals surface area contributed by atoms with Crippen LogP contribution in [0.1, 0.15) is 21.6 Å². The number of hydrogen-bond donors (Lipinski definition) is 2. The second kappa shape index (κ2) is 11.2. The van der Waals surface area contributed by atoms with Crippen molar-refractivity contribution >= 4 is 44.7 Å². The lowest BCUT2D eigenvalue weighted by atomic mass is 9.97. The molecule has 0 saturated heterocycles. The highest BCUT2D eigenvalue weighted by Crippen LogP contribution is 2.49. The Hall–Kier alpha value is -5.09. The number of fused-ring (bicyclic) bond motifs is 1. The minimum Gasteiger partial charge on any atom is -0.424 e. The molecule has 0 saturated carbocycles. The van der Waals surface area contributed by atoms with Gasteiger partial charge in [0.1, 0.15) is 11.6 Å². The van der Waals surface area contributed by atoms with E-state index in [0.717, 1.165) is 32.8 Å². The van der Waals surface area contributed by atoms with Crippen molar-refractivity contribution in [1.29, 1.82) is 0 Å². The van der Waals surface area contributed by atoms with Crippen molar-refractivity contribution in [2.75, 3.05) is 25.1 Å². The van der Waals surface area contributed by atoms with Crippen molar-refractivity contribution in [2.24, 2.45) is 0 Å². The van der Waals surface area contributed by atoms with Crippen LogP contribution >= 0.6 is 11.3 Å². The third kappa shape index (κ3) is 5.50. The number of rotatable bonds is 7. The zero-order chi connectivity index (χ0) is 29.3. The number of nitrogens with one attached hydrogen (secondary N) is 1. The number of ether oxygens (including phenoxy) is 1. The van der Waals surface area contributed by atoms with Gasteiger partial charge in [0.05, 0.1) is 10.3 Å². The standard InChI is InChI=1S/C31H28N6O3S/c1-6-24(38)36-23-15-17(2)7-12-21(23)27-25(26-28(41-27)22(16-34-29(26)32)30(39)37(4)5)19-8-10-20(11-9-19)40-31-33-14-13-18(3)35-31/h6-16H,1H2,2-5H3,(H2,32,34)(H,36,38). The molecule has 0 atom stereocenters. The monoisotopic (exact) mass is 564 g/mol. The molecule has 5 rings (SSSR count). The lowest BCUT2D eigenvalue weighted by Crippen LogP contribution is -2.22. The summed E-state index contributed by atoms with van der Waals surface area (Å²) in [5.74, 6) is 0.339. The third-order valence-electron chi connectivity index (χ3n) is 6.37. The van der Waals surface area contributed by atoms with Crippen molar-refractivity contribution in [3.8, 4) is 33.3 Å². The van der Waals surface area contributed by atoms with Gasteiger partial charge in [0, 0.05) is 59.3 Å². The summed E-state index contributed by atoms with van der Waals surface area (Å²) in [7, 11) is 3.39. The summed E-state index contributed by atoms with van der Waals surface area (Å²) in [5.41, 5.74) is 11.7. The molecular formula is C31H28N6O3S. The average Bonchev–Trinajstić information content (AvgIpc) is 3.34. The molecule has 2 amide bonds. The molecule has 0 spiro atoms. The van der Waals surface area contributed by atoms with Crippen LogP contribution in [0, 0.1) is 13.8 Å². The highest BCUT2D eigenvalue weighted by atomic mass is 32.1. The molecule has 3 N–H and O–H groups in total. The first-order valence-corrected chi connectivity index (χ1v) is 13.5. The summed E-state index contributed by atoms with van der Waals surface area (Å²) in [6.45, 7) is 7.40. The van der Waals surface area contributed by atoms with Crippen molar-refractivity contribution in [2.45, 2.75) is 13.8 Å². The second-order valence-electron chi connectivity index (χ2n) is 9.62. The molecule has 0 radical (unpaired) electrons. The van der Waals surface area contributed by atoms with Crippen LogP contribution in [0.25, 0.3) is 31.7 Å². The van der Waals surface area contributed by atoms with Gasteiger partial charge in [-0.05, 0) is 55.3 Å². The predicted octanol–water partition coefficient (Wildman–Crippen LogP) is 6.24. The van der Waals surface area contributed by atoms with E-state index in [1.165, 1.54) is 28.5 Å². The number of carbonyl (C=O) groups is 2. The summed E-state index contributed by atoms with van der Waals surface area (Å²) in [5, 5.41) is 3.59. The van der Waals surface area contributed by atoms with Crippen LogP contribution < -0.4 is 15.8 Å². The molecule has 0 aliphatic rings. The SMILES string of the molecule is C=CC(=O)Nc1cc(C)ccc1-c1sc2c(C(=O)N(C)C)cnc(N)c2c1-c1ccc(Oc2nccc(C)n2)cc1. The van der Waals surface area contributed by atoms with Gasteiger partial charge in [0.2, 0.25) is 5.91 Å². The number of thiophene rings is 1. The Morgan fingerprint density at radius 3 is 2.51 bits per heavy atom. The number of pyridine rings is 1. The van der Waals surface area contributed by atoms with Gasteiger partial charge in [-0.25, -0.2) is 15.0 Å². The summed E-state index contributed by atoms with van der Waals surface area (Å²) in [6.07, 6.45) is 4.38. The van der Waals surface area contributed by atoms with Crippen LogP contribution in [-0.2, 0) is 4.79 Å². The molecule has 5 aromatic rings. The largest absolute Gasteiger partial charge is 0.424 e. The van der Waals surface area contributed by atoms with Crippen LogP contribution in [0.3, 0.4) is 0 Å². The lowest BCUT2D eigenvalue weighted by molar-refractivity contribution is -0.111. The second-order valence-corrected chi connectivity index (χ2v) is 10.6. The number of nitrogen functional groups attached to an aromatic ring is 1. The zero-order valence-electron chi connectivity index (χ0n) is 23.1. The van der Waals surface area contributed by atoms with E-state index in [-0.39, 0.29) is 17.8 Å². The van der Waals surface area contributed by atoms with Crippen LogP contribution in [-0.4, -0.2) is 45.8 Å². The lowest BCUT2D eigenvalue weighted by Gasteiger charge is -2.13. The number of nitrogens with zero attached hydrogens (tertiary/aromatic N) is 4. The zero-order valence-corrected chi connectivity index (χ0v) is 23.9. The number of nitrogens with two attached hydrogens (primary N) is 1. The first kappa shape index (κ1) is 27.5. The fraction of sp³-hybridized carbons (Fsp3) is 0.129. The number of anilines is 2. The third-order valence-corrected chi connectivity index (χ3v) is 7.62. The van der Waals surface area contributed by atoms with E-state index < -0.39 is 0 Å². The molecule has 3 aromatic heterocycles. The number of carbonyl (C=O) groups excluding carboxylic acids is 2. The quantitative estimate of drug-likeness (QED) is 0.224. The molecule has 3 heterocycles. The Labute approximate surface area is 241 Å². The minimum absolute atomic E-state index is 0.187. The van der Waals surface area contributed by atoms with Gasteiger partial charge >= 0.3 is 6.01 Å². The highest BCUT2D eigenvalue weighted by Gasteiger charge is 2.25. The molecule has 0 aliphatic heterocycles. The topological polar surface area (TPSA) is 123 Å². The maximum atomic E-state index is 13.2. The van der Waals surface area contributed by atoms with Crippen molar-refractivity contribution in [1.82, 2.24) is 19.9 Å². The average molecular weight is 565 g/mol. The maximum Gasteiger partial charge on any atom is 0.322 e. The number of hydrogen-bond acceptors (Lipinski definition) is 8. The van der Waals surface area contributed by atoms with E-state index in [0.29, 0.717) is 32.9 Å². The summed E-state index contributed by atoms with van der Waals surface area (Å²) in [6, 6.07) is 15.3. The molecule has 41 heavy (non-hydrogen) atoms. The van der Waals surface area contributed by atoms with Crippen molar-refractivity contribution in [3.63, 3.8) is 0 Å². The van der Waals surface area contributed by atoms with E-state index in [4.69, 9.17) is 10.5 Å². The summed E-state index contributed by atoms with van der Waals surface area (Å²) in [4.78, 5) is 40.7. The highest BCUT2D eigenvalue weighted by molar-refractivity contribution is 7.23. The van der Waals surface area contributed by atoms with Crippen molar-refractivity contribution < 1.29 is 14.3 Å². The molecule has 2 aromatic carbocycles. The van der Waals surface area contributed by atoms with Crippen LogP contribution in [0.15, 0.2) is 73.6 Å². The number of aromatic nitrogens is 3. The van der Waals surface area contributed by atoms with E-state index in [1.54, 1.807) is 26.4 Å². The molecule has 0 unspecified atom stereocenters. The van der Waals surface area contributed by atoms with E-state index >= 15 is 0 Å². The van der Waals surface area contributed by atoms with E-state index in [2.05, 4.69) is 26.8 Å². The number of aryl methyl sites for hydroxylation is 2. The van der Waals surface area contributed by atoms with E-state index in [9.17, 15) is 9.59 Å². The smallest absolute Gasteiger partial charge is 0.322 e. The van der Waals surface area contributed by atoms with Gasteiger partial charge in [-0.3, -0.25) is 9.59 Å².